The zero-order valence-corrected chi connectivity index (χ0v) is 11.8. The second-order valence-corrected chi connectivity index (χ2v) is 4.85. The average Bonchev–Trinajstić information content (AvgIpc) is 2.41. The highest BCUT2D eigenvalue weighted by molar-refractivity contribution is 5.60. The Balaban J connectivity index is 2.50. The number of benzene rings is 1. The van der Waals surface area contributed by atoms with Crippen LogP contribution in [0, 0.1) is 6.92 Å². The lowest BCUT2D eigenvalue weighted by molar-refractivity contribution is 0.407. The molecule has 4 nitrogen and oxygen atoms in total. The largest absolute Gasteiger partial charge is 0.496 e. The van der Waals surface area contributed by atoms with Gasteiger partial charge in [0.1, 0.15) is 5.75 Å². The molecule has 0 fully saturated rings. The smallest absolute Gasteiger partial charge is 0.159 e. The first-order chi connectivity index (χ1) is 9.02. The number of aryl methyl sites for hydroxylation is 1. The molecule has 2 rings (SSSR count). The Morgan fingerprint density at radius 1 is 1.26 bits per heavy atom. The van der Waals surface area contributed by atoms with Gasteiger partial charge < -0.3 is 10.5 Å². The van der Waals surface area contributed by atoms with Crippen molar-refractivity contribution < 1.29 is 4.74 Å². The monoisotopic (exact) mass is 257 g/mol. The molecule has 0 atom stereocenters. The quantitative estimate of drug-likeness (QED) is 0.917. The number of aromatic nitrogens is 2. The molecule has 0 aliphatic heterocycles. The molecule has 0 spiro atoms. The molecule has 100 valence electrons. The summed E-state index contributed by atoms with van der Waals surface area (Å²) in [6.45, 7) is 6.15. The summed E-state index contributed by atoms with van der Waals surface area (Å²) in [5, 5.41) is 0. The summed E-state index contributed by atoms with van der Waals surface area (Å²) in [5.74, 6) is 1.96. The van der Waals surface area contributed by atoms with Crippen LogP contribution in [0.4, 0.5) is 5.69 Å². The van der Waals surface area contributed by atoms with Crippen molar-refractivity contribution in [3.63, 3.8) is 0 Å². The van der Waals surface area contributed by atoms with Crippen LogP contribution in [0.15, 0.2) is 24.4 Å². The SMILES string of the molecule is COc1ccc(-c2ncc(N)c(C)n2)cc1C(C)C. The molecule has 0 unspecified atom stereocenters. The van der Waals surface area contributed by atoms with Gasteiger partial charge in [-0.1, -0.05) is 13.8 Å². The molecule has 0 radical (unpaired) electrons. The Morgan fingerprint density at radius 3 is 2.58 bits per heavy atom. The molecule has 0 saturated heterocycles. The van der Waals surface area contributed by atoms with Gasteiger partial charge in [-0.15, -0.1) is 0 Å². The molecular weight excluding hydrogens is 238 g/mol. The molecule has 2 N–H and O–H groups in total. The summed E-state index contributed by atoms with van der Waals surface area (Å²) in [4.78, 5) is 8.71. The van der Waals surface area contributed by atoms with Gasteiger partial charge in [0, 0.05) is 5.56 Å². The van der Waals surface area contributed by atoms with Gasteiger partial charge in [0.2, 0.25) is 0 Å². The van der Waals surface area contributed by atoms with Crippen LogP contribution in [0.25, 0.3) is 11.4 Å². The molecule has 1 aromatic carbocycles. The zero-order valence-electron chi connectivity index (χ0n) is 11.8. The molecule has 0 saturated carbocycles. The van der Waals surface area contributed by atoms with Crippen LogP contribution >= 0.6 is 0 Å². The molecular formula is C15H19N3O. The molecule has 0 bridgehead atoms. The summed E-state index contributed by atoms with van der Waals surface area (Å²) >= 11 is 0. The maximum Gasteiger partial charge on any atom is 0.159 e. The zero-order chi connectivity index (χ0) is 14.0. The lowest BCUT2D eigenvalue weighted by Crippen LogP contribution is -1.99. The van der Waals surface area contributed by atoms with Gasteiger partial charge in [-0.3, -0.25) is 0 Å². The summed E-state index contributed by atoms with van der Waals surface area (Å²) in [6.07, 6.45) is 1.65. The van der Waals surface area contributed by atoms with Gasteiger partial charge in [0.15, 0.2) is 5.82 Å². The summed E-state index contributed by atoms with van der Waals surface area (Å²) in [7, 11) is 1.69. The molecule has 1 aromatic heterocycles. The predicted octanol–water partition coefficient (Wildman–Crippen LogP) is 3.17. The van der Waals surface area contributed by atoms with Gasteiger partial charge in [0.05, 0.1) is 24.7 Å². The number of ether oxygens (including phenoxy) is 1. The molecule has 1 heterocycles. The van der Waals surface area contributed by atoms with Gasteiger partial charge in [-0.05, 0) is 36.6 Å². The van der Waals surface area contributed by atoms with Crippen molar-refractivity contribution in [3.8, 4) is 17.1 Å². The van der Waals surface area contributed by atoms with Crippen LogP contribution in [0.3, 0.4) is 0 Å². The maximum atomic E-state index is 5.75. The minimum Gasteiger partial charge on any atom is -0.496 e. The van der Waals surface area contributed by atoms with E-state index in [4.69, 9.17) is 10.5 Å². The minimum absolute atomic E-state index is 0.379. The van der Waals surface area contributed by atoms with Gasteiger partial charge in [-0.2, -0.15) is 0 Å². The van der Waals surface area contributed by atoms with Gasteiger partial charge >= 0.3 is 0 Å². The first-order valence-corrected chi connectivity index (χ1v) is 6.30. The van der Waals surface area contributed by atoms with Crippen molar-refractivity contribution in [1.82, 2.24) is 9.97 Å². The molecule has 0 aliphatic rings. The Labute approximate surface area is 113 Å². The van der Waals surface area contributed by atoms with E-state index < -0.39 is 0 Å². The Hall–Kier alpha value is -2.10. The molecule has 0 amide bonds. The third kappa shape index (κ3) is 2.67. The Kier molecular flexibility index (Phi) is 3.69. The molecule has 4 heteroatoms. The third-order valence-corrected chi connectivity index (χ3v) is 3.13. The first-order valence-electron chi connectivity index (χ1n) is 6.30. The molecule has 19 heavy (non-hydrogen) atoms. The van der Waals surface area contributed by atoms with Crippen molar-refractivity contribution >= 4 is 5.69 Å². The number of nitrogens with two attached hydrogens (primary N) is 1. The van der Waals surface area contributed by atoms with Crippen LogP contribution in [0.5, 0.6) is 5.75 Å². The summed E-state index contributed by atoms with van der Waals surface area (Å²) < 4.78 is 5.38. The van der Waals surface area contributed by atoms with Crippen LogP contribution in [-0.2, 0) is 0 Å². The normalized spacial score (nSPS) is 10.8. The van der Waals surface area contributed by atoms with E-state index in [-0.39, 0.29) is 0 Å². The van der Waals surface area contributed by atoms with Gasteiger partial charge in [0.25, 0.3) is 0 Å². The highest BCUT2D eigenvalue weighted by Crippen LogP contribution is 2.30. The van der Waals surface area contributed by atoms with E-state index in [1.807, 2.05) is 19.1 Å². The van der Waals surface area contributed by atoms with E-state index in [1.165, 1.54) is 0 Å². The minimum atomic E-state index is 0.379. The van der Waals surface area contributed by atoms with Gasteiger partial charge in [-0.25, -0.2) is 9.97 Å². The van der Waals surface area contributed by atoms with Crippen molar-refractivity contribution in [1.29, 1.82) is 0 Å². The lowest BCUT2D eigenvalue weighted by Gasteiger charge is -2.13. The summed E-state index contributed by atoms with van der Waals surface area (Å²) in [5.41, 5.74) is 9.29. The average molecular weight is 257 g/mol. The number of anilines is 1. The maximum absolute atomic E-state index is 5.75. The number of hydrogen-bond acceptors (Lipinski definition) is 4. The van der Waals surface area contributed by atoms with E-state index in [0.717, 1.165) is 22.6 Å². The van der Waals surface area contributed by atoms with Crippen LogP contribution in [0.1, 0.15) is 31.0 Å². The number of rotatable bonds is 3. The first kappa shape index (κ1) is 13.3. The molecule has 0 aliphatic carbocycles. The standard InChI is InChI=1S/C15H19N3O/c1-9(2)12-7-11(5-6-14(12)19-4)15-17-8-13(16)10(3)18-15/h5-9H,16H2,1-4H3. The lowest BCUT2D eigenvalue weighted by atomic mass is 9.99. The van der Waals surface area contributed by atoms with Crippen LogP contribution < -0.4 is 10.5 Å². The van der Waals surface area contributed by atoms with E-state index in [9.17, 15) is 0 Å². The third-order valence-electron chi connectivity index (χ3n) is 3.13. The van der Waals surface area contributed by atoms with E-state index in [2.05, 4.69) is 29.9 Å². The van der Waals surface area contributed by atoms with Crippen LogP contribution in [-0.4, -0.2) is 17.1 Å². The second-order valence-electron chi connectivity index (χ2n) is 4.85. The van der Waals surface area contributed by atoms with E-state index in [0.29, 0.717) is 17.4 Å². The number of nitrogens with zero attached hydrogens (tertiary/aromatic N) is 2. The Bertz CT molecular complexity index is 594. The molecule has 2 aromatic rings. The topological polar surface area (TPSA) is 61.0 Å². The van der Waals surface area contributed by atoms with E-state index >= 15 is 0 Å². The van der Waals surface area contributed by atoms with Crippen LogP contribution in [0.2, 0.25) is 0 Å². The number of nitrogen functional groups attached to an aromatic ring is 1. The Morgan fingerprint density at radius 2 is 2.00 bits per heavy atom. The highest BCUT2D eigenvalue weighted by Gasteiger charge is 2.11. The fourth-order valence-electron chi connectivity index (χ4n) is 1.94. The summed E-state index contributed by atoms with van der Waals surface area (Å²) in [6, 6.07) is 6.00. The van der Waals surface area contributed by atoms with Crippen molar-refractivity contribution in [2.24, 2.45) is 0 Å². The fourth-order valence-corrected chi connectivity index (χ4v) is 1.94. The van der Waals surface area contributed by atoms with Crippen molar-refractivity contribution in [2.45, 2.75) is 26.7 Å². The second kappa shape index (κ2) is 5.26. The highest BCUT2D eigenvalue weighted by atomic mass is 16.5. The predicted molar refractivity (Wildman–Crippen MR) is 77.3 cm³/mol. The number of methoxy groups -OCH3 is 1. The van der Waals surface area contributed by atoms with Crippen molar-refractivity contribution in [2.75, 3.05) is 12.8 Å². The van der Waals surface area contributed by atoms with Crippen molar-refractivity contribution in [3.05, 3.63) is 35.7 Å². The fraction of sp³-hybridized carbons (Fsp3) is 0.333. The number of hydrogen-bond donors (Lipinski definition) is 1. The van der Waals surface area contributed by atoms with E-state index in [1.54, 1.807) is 13.3 Å².